The van der Waals surface area contributed by atoms with Crippen molar-refractivity contribution in [3.63, 3.8) is 0 Å². The van der Waals surface area contributed by atoms with Crippen LogP contribution < -0.4 is 10.1 Å². The smallest absolute Gasteiger partial charge is 0.246 e. The molecule has 7 nitrogen and oxygen atoms in total. The van der Waals surface area contributed by atoms with E-state index in [1.54, 1.807) is 35.4 Å². The number of pyridine rings is 1. The van der Waals surface area contributed by atoms with Gasteiger partial charge in [0, 0.05) is 29.8 Å². The Morgan fingerprint density at radius 3 is 2.80 bits per heavy atom. The van der Waals surface area contributed by atoms with E-state index in [-0.39, 0.29) is 24.3 Å². The van der Waals surface area contributed by atoms with Crippen LogP contribution in [0.2, 0.25) is 0 Å². The molecule has 0 aliphatic carbocycles. The van der Waals surface area contributed by atoms with Crippen molar-refractivity contribution in [2.45, 2.75) is 12.8 Å². The van der Waals surface area contributed by atoms with Gasteiger partial charge < -0.3 is 15.0 Å². The molecule has 0 bridgehead atoms. The van der Waals surface area contributed by atoms with Crippen molar-refractivity contribution in [3.8, 4) is 11.8 Å². The molecule has 0 radical (unpaired) electrons. The van der Waals surface area contributed by atoms with Crippen LogP contribution in [-0.2, 0) is 9.59 Å². The van der Waals surface area contributed by atoms with Gasteiger partial charge in [0.05, 0.1) is 5.92 Å². The van der Waals surface area contributed by atoms with Crippen LogP contribution in [0.1, 0.15) is 18.4 Å². The average Bonchev–Trinajstić information content (AvgIpc) is 2.78. The second kappa shape index (κ2) is 10.6. The van der Waals surface area contributed by atoms with Gasteiger partial charge in [-0.15, -0.1) is 0 Å². The zero-order chi connectivity index (χ0) is 21.3. The molecule has 3 rings (SSSR count). The molecule has 1 aromatic carbocycles. The number of ether oxygens (including phenoxy) is 1. The highest BCUT2D eigenvalue weighted by molar-refractivity contribution is 9.10. The van der Waals surface area contributed by atoms with Crippen molar-refractivity contribution < 1.29 is 14.3 Å². The van der Waals surface area contributed by atoms with E-state index in [2.05, 4.69) is 26.2 Å². The van der Waals surface area contributed by atoms with Crippen molar-refractivity contribution in [2.24, 2.45) is 5.92 Å². The molecule has 0 spiro atoms. The van der Waals surface area contributed by atoms with Gasteiger partial charge >= 0.3 is 0 Å². The first-order valence-electron chi connectivity index (χ1n) is 9.54. The standard InChI is InChI=1S/C22H21BrN4O3/c23-18-6-9-20(25-14-18)26-22(29)17-2-1-12-27(15-17)21(28)10-5-16-3-7-19(8-4-16)30-13-11-24/h3-10,14,17H,1-2,12-13,15H2,(H,25,26,29). The predicted octanol–water partition coefficient (Wildman–Crippen LogP) is 3.64. The van der Waals surface area contributed by atoms with Crippen LogP contribution in [0.3, 0.4) is 0 Å². The molecule has 2 heterocycles. The van der Waals surface area contributed by atoms with Gasteiger partial charge in [0.2, 0.25) is 11.8 Å². The van der Waals surface area contributed by atoms with Crippen molar-refractivity contribution in [1.29, 1.82) is 5.26 Å². The molecule has 1 aromatic heterocycles. The monoisotopic (exact) mass is 468 g/mol. The maximum atomic E-state index is 12.6. The first kappa shape index (κ1) is 21.5. The van der Waals surface area contributed by atoms with Crippen molar-refractivity contribution in [2.75, 3.05) is 25.0 Å². The molecule has 8 heteroatoms. The van der Waals surface area contributed by atoms with E-state index in [1.807, 2.05) is 24.3 Å². The van der Waals surface area contributed by atoms with Crippen LogP contribution in [0, 0.1) is 17.2 Å². The first-order valence-corrected chi connectivity index (χ1v) is 10.3. The van der Waals surface area contributed by atoms with Gasteiger partial charge in [0.1, 0.15) is 17.6 Å². The number of carbonyl (C=O) groups excluding carboxylic acids is 2. The molecule has 1 unspecified atom stereocenters. The number of hydrogen-bond donors (Lipinski definition) is 1. The number of aromatic nitrogens is 1. The molecule has 1 N–H and O–H groups in total. The van der Waals surface area contributed by atoms with E-state index in [0.29, 0.717) is 24.7 Å². The van der Waals surface area contributed by atoms with Gasteiger partial charge in [-0.25, -0.2) is 4.98 Å². The molecule has 1 saturated heterocycles. The fourth-order valence-corrected chi connectivity index (χ4v) is 3.37. The predicted molar refractivity (Wildman–Crippen MR) is 116 cm³/mol. The first-order chi connectivity index (χ1) is 14.5. The summed E-state index contributed by atoms with van der Waals surface area (Å²) >= 11 is 3.31. The largest absolute Gasteiger partial charge is 0.479 e. The fourth-order valence-electron chi connectivity index (χ4n) is 3.13. The number of halogens is 1. The van der Waals surface area contributed by atoms with Crippen LogP contribution in [0.25, 0.3) is 6.08 Å². The summed E-state index contributed by atoms with van der Waals surface area (Å²) in [5, 5.41) is 11.3. The molecule has 1 aliphatic heterocycles. The zero-order valence-electron chi connectivity index (χ0n) is 16.3. The minimum absolute atomic E-state index is 0.00470. The Balaban J connectivity index is 1.54. The highest BCUT2D eigenvalue weighted by Gasteiger charge is 2.27. The normalized spacial score (nSPS) is 16.1. The zero-order valence-corrected chi connectivity index (χ0v) is 17.8. The summed E-state index contributed by atoms with van der Waals surface area (Å²) in [5.74, 6) is 0.579. The lowest BCUT2D eigenvalue weighted by molar-refractivity contribution is -0.130. The number of benzene rings is 1. The molecule has 30 heavy (non-hydrogen) atoms. The molecule has 1 aliphatic rings. The van der Waals surface area contributed by atoms with Gasteiger partial charge in [-0.1, -0.05) is 12.1 Å². The van der Waals surface area contributed by atoms with Crippen LogP contribution in [-0.4, -0.2) is 41.4 Å². The maximum absolute atomic E-state index is 12.6. The van der Waals surface area contributed by atoms with E-state index in [1.165, 1.54) is 6.08 Å². The molecule has 0 saturated carbocycles. The van der Waals surface area contributed by atoms with E-state index >= 15 is 0 Å². The van der Waals surface area contributed by atoms with Gasteiger partial charge in [0.15, 0.2) is 6.61 Å². The topological polar surface area (TPSA) is 95.3 Å². The number of amides is 2. The Morgan fingerprint density at radius 1 is 1.30 bits per heavy atom. The lowest BCUT2D eigenvalue weighted by atomic mass is 9.97. The van der Waals surface area contributed by atoms with E-state index in [0.717, 1.165) is 22.9 Å². The number of likely N-dealkylation sites (tertiary alicyclic amines) is 1. The Morgan fingerprint density at radius 2 is 2.10 bits per heavy atom. The number of piperidine rings is 1. The third-order valence-electron chi connectivity index (χ3n) is 4.68. The Bertz CT molecular complexity index is 952. The second-order valence-corrected chi connectivity index (χ2v) is 7.74. The number of hydrogen-bond acceptors (Lipinski definition) is 5. The quantitative estimate of drug-likeness (QED) is 0.652. The average molecular weight is 469 g/mol. The number of nitrogens with zero attached hydrogens (tertiary/aromatic N) is 3. The lowest BCUT2D eigenvalue weighted by Gasteiger charge is -2.31. The summed E-state index contributed by atoms with van der Waals surface area (Å²) in [5.41, 5.74) is 0.847. The summed E-state index contributed by atoms with van der Waals surface area (Å²) in [7, 11) is 0. The van der Waals surface area contributed by atoms with E-state index in [9.17, 15) is 9.59 Å². The van der Waals surface area contributed by atoms with Crippen LogP contribution in [0.15, 0.2) is 53.1 Å². The van der Waals surface area contributed by atoms with E-state index < -0.39 is 0 Å². The number of carbonyl (C=O) groups is 2. The van der Waals surface area contributed by atoms with Crippen LogP contribution >= 0.6 is 15.9 Å². The molecule has 1 atom stereocenters. The minimum Gasteiger partial charge on any atom is -0.479 e. The Kier molecular flexibility index (Phi) is 7.57. The Hall–Kier alpha value is -3.18. The summed E-state index contributed by atoms with van der Waals surface area (Å²) in [6, 6.07) is 12.6. The molecular formula is C22H21BrN4O3. The van der Waals surface area contributed by atoms with Crippen LogP contribution in [0.4, 0.5) is 5.82 Å². The SMILES string of the molecule is N#CCOc1ccc(C=CC(=O)N2CCCC(C(=O)Nc3ccc(Br)cn3)C2)cc1. The molecule has 2 aromatic rings. The third kappa shape index (κ3) is 6.16. The summed E-state index contributed by atoms with van der Waals surface area (Å²) in [4.78, 5) is 31.0. The minimum atomic E-state index is -0.266. The van der Waals surface area contributed by atoms with Gasteiger partial charge in [-0.2, -0.15) is 5.26 Å². The van der Waals surface area contributed by atoms with Crippen LogP contribution in [0.5, 0.6) is 5.75 Å². The highest BCUT2D eigenvalue weighted by atomic mass is 79.9. The van der Waals surface area contributed by atoms with Gasteiger partial charge in [-0.3, -0.25) is 9.59 Å². The molecule has 1 fully saturated rings. The maximum Gasteiger partial charge on any atom is 0.246 e. The number of nitrogens with one attached hydrogen (secondary N) is 1. The molecule has 2 amide bonds. The summed E-state index contributed by atoms with van der Waals surface area (Å²) < 4.78 is 6.05. The van der Waals surface area contributed by atoms with Gasteiger partial charge in [0.25, 0.3) is 0 Å². The fraction of sp³-hybridized carbons (Fsp3) is 0.273. The summed E-state index contributed by atoms with van der Waals surface area (Å²) in [6.45, 7) is 1.01. The second-order valence-electron chi connectivity index (χ2n) is 6.82. The van der Waals surface area contributed by atoms with Gasteiger partial charge in [-0.05, 0) is 64.7 Å². The molecular weight excluding hydrogens is 448 g/mol. The van der Waals surface area contributed by atoms with Crippen molar-refractivity contribution >= 4 is 39.6 Å². The van der Waals surface area contributed by atoms with Crippen molar-refractivity contribution in [1.82, 2.24) is 9.88 Å². The van der Waals surface area contributed by atoms with E-state index in [4.69, 9.17) is 10.00 Å². The molecule has 154 valence electrons. The highest BCUT2D eigenvalue weighted by Crippen LogP contribution is 2.20. The summed E-state index contributed by atoms with van der Waals surface area (Å²) in [6.07, 6.45) is 6.38. The third-order valence-corrected chi connectivity index (χ3v) is 5.15. The number of nitriles is 1. The number of rotatable bonds is 6. The Labute approximate surface area is 183 Å². The van der Waals surface area contributed by atoms with Crippen molar-refractivity contribution in [3.05, 3.63) is 58.7 Å². The lowest BCUT2D eigenvalue weighted by Crippen LogP contribution is -2.43. The number of anilines is 1.